The average Bonchev–Trinajstić information content (AvgIpc) is 3.18. The lowest BCUT2D eigenvalue weighted by Gasteiger charge is -2.17. The number of carbonyl (C=O) groups is 1. The molecule has 2 N–H and O–H groups in total. The Labute approximate surface area is 169 Å². The summed E-state index contributed by atoms with van der Waals surface area (Å²) >= 11 is 0. The summed E-state index contributed by atoms with van der Waals surface area (Å²) < 4.78 is 4.96. The van der Waals surface area contributed by atoms with E-state index in [2.05, 4.69) is 65.2 Å². The van der Waals surface area contributed by atoms with Crippen molar-refractivity contribution in [3.05, 3.63) is 95.4 Å². The molecule has 0 spiro atoms. The molecule has 0 radical (unpaired) electrons. The zero-order valence-electron chi connectivity index (χ0n) is 16.5. The van der Waals surface area contributed by atoms with Gasteiger partial charge >= 0.3 is 0 Å². The van der Waals surface area contributed by atoms with Crippen LogP contribution in [0, 0.1) is 6.92 Å². The highest BCUT2D eigenvalue weighted by molar-refractivity contribution is 6.02. The molecule has 0 bridgehead atoms. The van der Waals surface area contributed by atoms with E-state index in [1.54, 1.807) is 13.0 Å². The molecule has 0 saturated carbocycles. The SMILES string of the molecule is Cc1cc(C(=O)Nc2cccc(CN[C@@H](C)c3cccc4ccccc34)c2)no1. The molecule has 1 aromatic heterocycles. The fourth-order valence-electron chi connectivity index (χ4n) is 3.44. The number of aryl methyl sites for hydroxylation is 1. The van der Waals surface area contributed by atoms with Crippen LogP contribution in [0.1, 0.15) is 40.3 Å². The molecule has 146 valence electrons. The highest BCUT2D eigenvalue weighted by atomic mass is 16.5. The number of aromatic nitrogens is 1. The van der Waals surface area contributed by atoms with Gasteiger partial charge in [-0.25, -0.2) is 0 Å². The Hall–Kier alpha value is -3.44. The number of anilines is 1. The van der Waals surface area contributed by atoms with Crippen LogP contribution in [-0.4, -0.2) is 11.1 Å². The van der Waals surface area contributed by atoms with Crippen molar-refractivity contribution >= 4 is 22.4 Å². The predicted molar refractivity (Wildman–Crippen MR) is 115 cm³/mol. The molecule has 3 aromatic carbocycles. The fourth-order valence-corrected chi connectivity index (χ4v) is 3.44. The molecule has 0 aliphatic carbocycles. The van der Waals surface area contributed by atoms with Crippen LogP contribution in [0.2, 0.25) is 0 Å². The van der Waals surface area contributed by atoms with Gasteiger partial charge in [-0.3, -0.25) is 4.79 Å². The van der Waals surface area contributed by atoms with Crippen LogP contribution in [0.4, 0.5) is 5.69 Å². The van der Waals surface area contributed by atoms with Gasteiger partial charge in [0.1, 0.15) is 5.76 Å². The molecule has 0 aliphatic heterocycles. The van der Waals surface area contributed by atoms with Crippen molar-refractivity contribution in [2.45, 2.75) is 26.4 Å². The summed E-state index contributed by atoms with van der Waals surface area (Å²) in [6, 6.07) is 24.4. The third kappa shape index (κ3) is 4.36. The van der Waals surface area contributed by atoms with Gasteiger partial charge in [-0.05, 0) is 47.9 Å². The van der Waals surface area contributed by atoms with E-state index in [1.807, 2.05) is 24.3 Å². The molecule has 29 heavy (non-hydrogen) atoms. The second-order valence-corrected chi connectivity index (χ2v) is 7.15. The zero-order chi connectivity index (χ0) is 20.2. The number of fused-ring (bicyclic) bond motifs is 1. The highest BCUT2D eigenvalue weighted by Gasteiger charge is 2.12. The molecule has 1 atom stereocenters. The van der Waals surface area contributed by atoms with E-state index >= 15 is 0 Å². The molecule has 5 heteroatoms. The summed E-state index contributed by atoms with van der Waals surface area (Å²) in [7, 11) is 0. The number of rotatable bonds is 6. The molecule has 0 aliphatic rings. The number of nitrogens with zero attached hydrogens (tertiary/aromatic N) is 1. The smallest absolute Gasteiger partial charge is 0.277 e. The van der Waals surface area contributed by atoms with Crippen LogP contribution in [0.5, 0.6) is 0 Å². The first-order valence-electron chi connectivity index (χ1n) is 9.65. The first-order valence-corrected chi connectivity index (χ1v) is 9.65. The number of benzene rings is 3. The third-order valence-corrected chi connectivity index (χ3v) is 4.95. The van der Waals surface area contributed by atoms with Gasteiger partial charge in [0.05, 0.1) is 0 Å². The van der Waals surface area contributed by atoms with Crippen LogP contribution in [0.3, 0.4) is 0 Å². The predicted octanol–water partition coefficient (Wildman–Crippen LogP) is 5.24. The van der Waals surface area contributed by atoms with Gasteiger partial charge in [0.2, 0.25) is 0 Å². The topological polar surface area (TPSA) is 67.2 Å². The number of nitrogens with one attached hydrogen (secondary N) is 2. The van der Waals surface area contributed by atoms with E-state index in [9.17, 15) is 4.79 Å². The van der Waals surface area contributed by atoms with Gasteiger partial charge in [-0.2, -0.15) is 0 Å². The molecule has 4 aromatic rings. The van der Waals surface area contributed by atoms with E-state index in [1.165, 1.54) is 16.3 Å². The maximum Gasteiger partial charge on any atom is 0.277 e. The Kier molecular flexibility index (Phi) is 5.40. The van der Waals surface area contributed by atoms with Crippen molar-refractivity contribution in [2.75, 3.05) is 5.32 Å². The van der Waals surface area contributed by atoms with E-state index in [0.29, 0.717) is 12.3 Å². The first kappa shape index (κ1) is 18.9. The quantitative estimate of drug-likeness (QED) is 0.476. The Balaban J connectivity index is 1.43. The molecule has 0 unspecified atom stereocenters. The molecule has 4 rings (SSSR count). The molecule has 1 amide bonds. The van der Waals surface area contributed by atoms with Crippen LogP contribution in [-0.2, 0) is 6.54 Å². The largest absolute Gasteiger partial charge is 0.361 e. The minimum Gasteiger partial charge on any atom is -0.361 e. The lowest BCUT2D eigenvalue weighted by molar-refractivity contribution is 0.101. The van der Waals surface area contributed by atoms with E-state index in [0.717, 1.165) is 11.3 Å². The first-order chi connectivity index (χ1) is 14.1. The second kappa shape index (κ2) is 8.29. The number of amides is 1. The summed E-state index contributed by atoms with van der Waals surface area (Å²) in [4.78, 5) is 12.3. The van der Waals surface area contributed by atoms with E-state index < -0.39 is 0 Å². The minimum atomic E-state index is -0.281. The average molecular weight is 385 g/mol. The van der Waals surface area contributed by atoms with Crippen molar-refractivity contribution in [3.63, 3.8) is 0 Å². The lowest BCUT2D eigenvalue weighted by Crippen LogP contribution is -2.18. The normalized spacial score (nSPS) is 12.1. The summed E-state index contributed by atoms with van der Waals surface area (Å²) in [6.07, 6.45) is 0. The second-order valence-electron chi connectivity index (χ2n) is 7.15. The number of hydrogen-bond donors (Lipinski definition) is 2. The number of hydrogen-bond acceptors (Lipinski definition) is 4. The monoisotopic (exact) mass is 385 g/mol. The van der Waals surface area contributed by atoms with Gasteiger partial charge in [-0.15, -0.1) is 0 Å². The number of carbonyl (C=O) groups excluding carboxylic acids is 1. The van der Waals surface area contributed by atoms with Crippen molar-refractivity contribution in [2.24, 2.45) is 0 Å². The summed E-state index contributed by atoms with van der Waals surface area (Å²) in [5.41, 5.74) is 3.36. The third-order valence-electron chi connectivity index (χ3n) is 4.95. The molecule has 1 heterocycles. The van der Waals surface area contributed by atoms with Crippen molar-refractivity contribution < 1.29 is 9.32 Å². The van der Waals surface area contributed by atoms with Crippen LogP contribution >= 0.6 is 0 Å². The van der Waals surface area contributed by atoms with Crippen LogP contribution in [0.15, 0.2) is 77.3 Å². The molecule has 0 fully saturated rings. The Morgan fingerprint density at radius 3 is 2.66 bits per heavy atom. The zero-order valence-corrected chi connectivity index (χ0v) is 16.5. The molecular weight excluding hydrogens is 362 g/mol. The summed E-state index contributed by atoms with van der Waals surface area (Å²) in [6.45, 7) is 4.62. The molecule has 0 saturated heterocycles. The Morgan fingerprint density at radius 1 is 1.03 bits per heavy atom. The van der Waals surface area contributed by atoms with Crippen LogP contribution < -0.4 is 10.6 Å². The van der Waals surface area contributed by atoms with Gasteiger partial charge in [0.15, 0.2) is 5.69 Å². The summed E-state index contributed by atoms with van der Waals surface area (Å²) in [5.74, 6) is 0.326. The van der Waals surface area contributed by atoms with E-state index in [-0.39, 0.29) is 17.6 Å². The Bertz CT molecular complexity index is 1140. The minimum absolute atomic E-state index is 0.192. The summed E-state index contributed by atoms with van der Waals surface area (Å²) in [5, 5.41) is 12.7. The Morgan fingerprint density at radius 2 is 1.83 bits per heavy atom. The standard InChI is InChI=1S/C24H23N3O2/c1-16-13-23(27-29-16)24(28)26-20-10-5-7-18(14-20)15-25-17(2)21-12-6-9-19-8-3-4-11-22(19)21/h3-14,17,25H,15H2,1-2H3,(H,26,28)/t17-/m0/s1. The van der Waals surface area contributed by atoms with E-state index in [4.69, 9.17) is 4.52 Å². The van der Waals surface area contributed by atoms with Gasteiger partial charge < -0.3 is 15.2 Å². The highest BCUT2D eigenvalue weighted by Crippen LogP contribution is 2.24. The fraction of sp³-hybridized carbons (Fsp3) is 0.167. The maximum atomic E-state index is 12.3. The van der Waals surface area contributed by atoms with Gasteiger partial charge in [0, 0.05) is 24.3 Å². The van der Waals surface area contributed by atoms with Crippen molar-refractivity contribution in [1.29, 1.82) is 0 Å². The molecule has 5 nitrogen and oxygen atoms in total. The van der Waals surface area contributed by atoms with Crippen LogP contribution in [0.25, 0.3) is 10.8 Å². The lowest BCUT2D eigenvalue weighted by atomic mass is 9.99. The maximum absolute atomic E-state index is 12.3. The van der Waals surface area contributed by atoms with Gasteiger partial charge in [0.25, 0.3) is 5.91 Å². The van der Waals surface area contributed by atoms with Gasteiger partial charge in [-0.1, -0.05) is 59.8 Å². The van der Waals surface area contributed by atoms with Crippen molar-refractivity contribution in [1.82, 2.24) is 10.5 Å². The molecular formula is C24H23N3O2. The van der Waals surface area contributed by atoms with Crippen molar-refractivity contribution in [3.8, 4) is 0 Å².